The largest absolute Gasteiger partial charge is 0.294 e. The van der Waals surface area contributed by atoms with E-state index < -0.39 is 0 Å². The third-order valence-corrected chi connectivity index (χ3v) is 6.68. The Hall–Kier alpha value is -0.820. The molecule has 0 aliphatic heterocycles. The fourth-order valence-corrected chi connectivity index (χ4v) is 6.21. The van der Waals surface area contributed by atoms with Gasteiger partial charge in [0.25, 0.3) is 0 Å². The molecule has 4 saturated carbocycles. The van der Waals surface area contributed by atoms with Gasteiger partial charge in [0, 0.05) is 16.0 Å². The van der Waals surface area contributed by atoms with Crippen molar-refractivity contribution in [2.24, 2.45) is 22.7 Å². The number of rotatable bonds is 2. The Kier molecular flexibility index (Phi) is 2.86. The summed E-state index contributed by atoms with van der Waals surface area (Å²) in [6.45, 7) is 4.40. The van der Waals surface area contributed by atoms with Gasteiger partial charge < -0.3 is 0 Å². The Morgan fingerprint density at radius 1 is 1.19 bits per heavy atom. The number of aryl methyl sites for hydroxylation is 1. The fraction of sp³-hybridized carbons (Fsp3) is 0.632. The van der Waals surface area contributed by atoms with Gasteiger partial charge in [0.05, 0.1) is 0 Å². The molecule has 112 valence electrons. The Morgan fingerprint density at radius 2 is 1.86 bits per heavy atom. The van der Waals surface area contributed by atoms with Gasteiger partial charge in [0.2, 0.25) is 0 Å². The molecule has 1 nitrogen and oxygen atoms in total. The Bertz CT molecular complexity index is 604. The van der Waals surface area contributed by atoms with E-state index in [1.165, 1.54) is 19.3 Å². The molecule has 4 bridgehead atoms. The van der Waals surface area contributed by atoms with Crippen LogP contribution < -0.4 is 0 Å². The summed E-state index contributed by atoms with van der Waals surface area (Å²) >= 11 is 6.24. The second-order valence-corrected chi connectivity index (χ2v) is 8.75. The smallest absolute Gasteiger partial charge is 0.169 e. The molecular formula is C19H23ClO. The number of carbonyl (C=O) groups excluding carboxylic acids is 1. The first-order valence-electron chi connectivity index (χ1n) is 8.20. The summed E-state index contributed by atoms with van der Waals surface area (Å²) < 4.78 is 0. The van der Waals surface area contributed by atoms with E-state index in [2.05, 4.69) is 6.92 Å². The van der Waals surface area contributed by atoms with Gasteiger partial charge >= 0.3 is 0 Å². The lowest BCUT2D eigenvalue weighted by atomic mass is 9.43. The van der Waals surface area contributed by atoms with Crippen LogP contribution in [0.3, 0.4) is 0 Å². The Balaban J connectivity index is 1.72. The predicted octanol–water partition coefficient (Wildman–Crippen LogP) is 5.44. The molecule has 0 heterocycles. The van der Waals surface area contributed by atoms with E-state index in [0.29, 0.717) is 11.2 Å². The summed E-state index contributed by atoms with van der Waals surface area (Å²) in [4.78, 5) is 13.2. The van der Waals surface area contributed by atoms with Crippen molar-refractivity contribution in [3.8, 4) is 0 Å². The van der Waals surface area contributed by atoms with E-state index >= 15 is 0 Å². The van der Waals surface area contributed by atoms with Gasteiger partial charge in [-0.2, -0.15) is 0 Å². The van der Waals surface area contributed by atoms with E-state index in [9.17, 15) is 4.79 Å². The molecule has 4 aliphatic rings. The van der Waals surface area contributed by atoms with Crippen LogP contribution in [0.1, 0.15) is 61.4 Å². The maximum absolute atomic E-state index is 13.2. The molecule has 0 N–H and O–H groups in total. The zero-order valence-corrected chi connectivity index (χ0v) is 13.7. The number of ketones is 1. The lowest BCUT2D eigenvalue weighted by molar-refractivity contribution is -0.0820. The molecule has 2 unspecified atom stereocenters. The maximum atomic E-state index is 13.2. The monoisotopic (exact) mass is 302 g/mol. The topological polar surface area (TPSA) is 17.1 Å². The molecule has 0 radical (unpaired) electrons. The lowest BCUT2D eigenvalue weighted by Gasteiger charge is -2.60. The van der Waals surface area contributed by atoms with Crippen LogP contribution in [0.4, 0.5) is 0 Å². The van der Waals surface area contributed by atoms with Crippen LogP contribution in [-0.2, 0) is 0 Å². The SMILES string of the molecule is Cc1ccc(C(=O)C23CC4CC(CC(C)(C4)C2)C3)cc1Cl. The quantitative estimate of drug-likeness (QED) is 0.665. The summed E-state index contributed by atoms with van der Waals surface area (Å²) in [6.07, 6.45) is 7.36. The van der Waals surface area contributed by atoms with Gasteiger partial charge in [0.1, 0.15) is 0 Å². The molecule has 1 aromatic rings. The van der Waals surface area contributed by atoms with Crippen LogP contribution in [0.2, 0.25) is 5.02 Å². The Labute approximate surface area is 132 Å². The average molecular weight is 303 g/mol. The lowest BCUT2D eigenvalue weighted by Crippen LogP contribution is -2.54. The summed E-state index contributed by atoms with van der Waals surface area (Å²) in [5, 5.41) is 0.719. The van der Waals surface area contributed by atoms with Crippen LogP contribution in [-0.4, -0.2) is 5.78 Å². The normalized spacial score (nSPS) is 40.5. The molecule has 4 aliphatic carbocycles. The van der Waals surface area contributed by atoms with Gasteiger partial charge in [-0.1, -0.05) is 30.7 Å². The molecule has 0 saturated heterocycles. The minimum Gasteiger partial charge on any atom is -0.294 e. The van der Waals surface area contributed by atoms with E-state index in [-0.39, 0.29) is 5.41 Å². The molecule has 2 atom stereocenters. The van der Waals surface area contributed by atoms with Crippen molar-refractivity contribution in [3.05, 3.63) is 34.3 Å². The van der Waals surface area contributed by atoms with Gasteiger partial charge in [-0.05, 0) is 74.3 Å². The first kappa shape index (κ1) is 13.8. The fourth-order valence-electron chi connectivity index (χ4n) is 6.03. The van der Waals surface area contributed by atoms with E-state index in [1.807, 2.05) is 25.1 Å². The summed E-state index contributed by atoms with van der Waals surface area (Å²) in [5.74, 6) is 1.92. The molecule has 2 heteroatoms. The van der Waals surface area contributed by atoms with Gasteiger partial charge in [-0.25, -0.2) is 0 Å². The van der Waals surface area contributed by atoms with Gasteiger partial charge in [-0.15, -0.1) is 0 Å². The van der Waals surface area contributed by atoms with Crippen molar-refractivity contribution >= 4 is 17.4 Å². The van der Waals surface area contributed by atoms with Crippen LogP contribution in [0.15, 0.2) is 18.2 Å². The zero-order valence-electron chi connectivity index (χ0n) is 12.9. The summed E-state index contributed by atoms with van der Waals surface area (Å²) in [5.41, 5.74) is 2.20. The van der Waals surface area contributed by atoms with E-state index in [4.69, 9.17) is 11.6 Å². The Morgan fingerprint density at radius 3 is 2.43 bits per heavy atom. The van der Waals surface area contributed by atoms with E-state index in [1.54, 1.807) is 0 Å². The minimum absolute atomic E-state index is 0.0859. The second kappa shape index (κ2) is 4.35. The highest BCUT2D eigenvalue weighted by atomic mass is 35.5. The van der Waals surface area contributed by atoms with Crippen molar-refractivity contribution in [2.45, 2.75) is 52.4 Å². The van der Waals surface area contributed by atoms with E-state index in [0.717, 1.165) is 47.2 Å². The number of halogens is 1. The average Bonchev–Trinajstić information content (AvgIpc) is 2.38. The second-order valence-electron chi connectivity index (χ2n) is 8.35. The highest BCUT2D eigenvalue weighted by Crippen LogP contribution is 2.65. The third-order valence-electron chi connectivity index (χ3n) is 6.27. The number of Topliss-reactive ketones (excluding diaryl/α,β-unsaturated/α-hetero) is 1. The first-order chi connectivity index (χ1) is 9.89. The minimum atomic E-state index is -0.0859. The van der Waals surface area contributed by atoms with Crippen molar-refractivity contribution in [1.82, 2.24) is 0 Å². The molecule has 21 heavy (non-hydrogen) atoms. The molecule has 0 spiro atoms. The number of hydrogen-bond donors (Lipinski definition) is 0. The molecule has 1 aromatic carbocycles. The number of hydrogen-bond acceptors (Lipinski definition) is 1. The third kappa shape index (κ3) is 2.08. The molecule has 5 rings (SSSR count). The number of benzene rings is 1. The standard InChI is InChI=1S/C19H23ClO/c1-12-3-4-15(6-16(12)20)17(21)19-9-13-5-14(10-19)8-18(2,7-13)11-19/h3-4,6,13-14H,5,7-11H2,1-2H3. The summed E-state index contributed by atoms with van der Waals surface area (Å²) in [7, 11) is 0. The maximum Gasteiger partial charge on any atom is 0.169 e. The molecule has 4 fully saturated rings. The molecule has 0 aromatic heterocycles. The zero-order chi connectivity index (χ0) is 14.8. The summed E-state index contributed by atoms with van der Waals surface area (Å²) in [6, 6.07) is 5.85. The van der Waals surface area contributed by atoms with Crippen LogP contribution in [0, 0.1) is 29.6 Å². The van der Waals surface area contributed by atoms with Crippen molar-refractivity contribution in [1.29, 1.82) is 0 Å². The van der Waals surface area contributed by atoms with Crippen molar-refractivity contribution in [3.63, 3.8) is 0 Å². The van der Waals surface area contributed by atoms with Crippen LogP contribution in [0.25, 0.3) is 0 Å². The first-order valence-corrected chi connectivity index (χ1v) is 8.58. The molecule has 0 amide bonds. The number of carbonyl (C=O) groups is 1. The van der Waals surface area contributed by atoms with Crippen molar-refractivity contribution < 1.29 is 4.79 Å². The van der Waals surface area contributed by atoms with Crippen LogP contribution in [0.5, 0.6) is 0 Å². The predicted molar refractivity (Wildman–Crippen MR) is 85.7 cm³/mol. The highest BCUT2D eigenvalue weighted by molar-refractivity contribution is 6.31. The molecular weight excluding hydrogens is 280 g/mol. The van der Waals surface area contributed by atoms with Gasteiger partial charge in [-0.3, -0.25) is 4.79 Å². The highest BCUT2D eigenvalue weighted by Gasteiger charge is 2.58. The van der Waals surface area contributed by atoms with Gasteiger partial charge in [0.15, 0.2) is 5.78 Å². The van der Waals surface area contributed by atoms with Crippen LogP contribution >= 0.6 is 11.6 Å². The van der Waals surface area contributed by atoms with Crippen molar-refractivity contribution in [2.75, 3.05) is 0 Å².